The summed E-state index contributed by atoms with van der Waals surface area (Å²) in [5, 5.41) is 6.21. The van der Waals surface area contributed by atoms with Crippen LogP contribution in [0.15, 0.2) is 11.0 Å². The van der Waals surface area contributed by atoms with Crippen molar-refractivity contribution in [1.29, 1.82) is 0 Å². The number of nitrogens with zero attached hydrogens (tertiary/aromatic N) is 1. The van der Waals surface area contributed by atoms with Crippen LogP contribution in [0.25, 0.3) is 0 Å². The van der Waals surface area contributed by atoms with E-state index in [-0.39, 0.29) is 11.7 Å². The lowest BCUT2D eigenvalue weighted by atomic mass is 10.2. The summed E-state index contributed by atoms with van der Waals surface area (Å²) < 4.78 is 7.32. The van der Waals surface area contributed by atoms with Crippen LogP contribution in [-0.4, -0.2) is 24.3 Å². The monoisotopic (exact) mass is 223 g/mol. The Labute approximate surface area is 94.4 Å². The molecule has 0 saturated carbocycles. The minimum absolute atomic E-state index is 0.0400. The van der Waals surface area contributed by atoms with Crippen LogP contribution >= 0.6 is 0 Å². The van der Waals surface area contributed by atoms with E-state index in [1.807, 2.05) is 20.2 Å². The van der Waals surface area contributed by atoms with Gasteiger partial charge in [0.25, 0.3) is 5.56 Å². The largest absolute Gasteiger partial charge is 0.486 e. The highest BCUT2D eigenvalue weighted by molar-refractivity contribution is 5.60. The van der Waals surface area contributed by atoms with E-state index in [2.05, 4.69) is 10.6 Å². The van der Waals surface area contributed by atoms with Gasteiger partial charge in [-0.25, -0.2) is 0 Å². The molecule has 2 N–H and O–H groups in total. The van der Waals surface area contributed by atoms with Gasteiger partial charge in [0.2, 0.25) is 0 Å². The Balaban J connectivity index is 2.55. The van der Waals surface area contributed by atoms with Crippen LogP contribution in [0, 0.1) is 0 Å². The minimum atomic E-state index is -0.0400. The number of ether oxygens (including phenoxy) is 1. The Bertz CT molecular complexity index is 453. The molecule has 1 aliphatic heterocycles. The Morgan fingerprint density at radius 2 is 2.44 bits per heavy atom. The fourth-order valence-electron chi connectivity index (χ4n) is 1.88. The first-order valence-electron chi connectivity index (χ1n) is 5.41. The van der Waals surface area contributed by atoms with E-state index in [0.717, 1.165) is 5.56 Å². The molecule has 0 aliphatic carbocycles. The number of fused-ring (bicyclic) bond motifs is 1. The summed E-state index contributed by atoms with van der Waals surface area (Å²) in [5.74, 6) is 0.691. The summed E-state index contributed by atoms with van der Waals surface area (Å²) in [6, 6.07) is 0. The Kier molecular flexibility index (Phi) is 2.87. The quantitative estimate of drug-likeness (QED) is 0.757. The highest BCUT2D eigenvalue weighted by atomic mass is 16.5. The highest BCUT2D eigenvalue weighted by Gasteiger charge is 2.22. The third kappa shape index (κ3) is 1.78. The highest BCUT2D eigenvalue weighted by Crippen LogP contribution is 2.29. The minimum Gasteiger partial charge on any atom is -0.486 e. The standard InChI is InChI=1S/C11H17N3O2/c1-7-4-13-9-10(16-7)8(5-12-2)6-14(3)11(9)15/h6-7,12-13H,4-5H2,1-3H3. The molecule has 1 aromatic rings. The maximum absolute atomic E-state index is 11.9. The molecule has 0 amide bonds. The zero-order valence-corrected chi connectivity index (χ0v) is 9.83. The summed E-state index contributed by atoms with van der Waals surface area (Å²) >= 11 is 0. The zero-order chi connectivity index (χ0) is 11.7. The second-order valence-electron chi connectivity index (χ2n) is 4.11. The normalized spacial score (nSPS) is 18.6. The molecule has 5 nitrogen and oxygen atoms in total. The van der Waals surface area contributed by atoms with Crippen molar-refractivity contribution in [1.82, 2.24) is 9.88 Å². The van der Waals surface area contributed by atoms with Crippen molar-refractivity contribution in [3.05, 3.63) is 22.1 Å². The van der Waals surface area contributed by atoms with Gasteiger partial charge < -0.3 is 19.9 Å². The summed E-state index contributed by atoms with van der Waals surface area (Å²) in [6.07, 6.45) is 1.91. The van der Waals surface area contributed by atoms with Gasteiger partial charge in [0, 0.05) is 25.4 Å². The van der Waals surface area contributed by atoms with Gasteiger partial charge >= 0.3 is 0 Å². The molecule has 0 spiro atoms. The Morgan fingerprint density at radius 3 is 3.12 bits per heavy atom. The van der Waals surface area contributed by atoms with E-state index in [9.17, 15) is 4.79 Å². The number of hydrogen-bond acceptors (Lipinski definition) is 4. The molecule has 2 heterocycles. The van der Waals surface area contributed by atoms with Gasteiger partial charge in [-0.3, -0.25) is 4.79 Å². The van der Waals surface area contributed by atoms with E-state index in [1.165, 1.54) is 0 Å². The van der Waals surface area contributed by atoms with Crippen molar-refractivity contribution in [2.24, 2.45) is 7.05 Å². The molecule has 0 aromatic carbocycles. The van der Waals surface area contributed by atoms with Crippen molar-refractivity contribution in [3.8, 4) is 5.75 Å². The van der Waals surface area contributed by atoms with Gasteiger partial charge in [-0.2, -0.15) is 0 Å². The Hall–Kier alpha value is -1.49. The summed E-state index contributed by atoms with van der Waals surface area (Å²) in [4.78, 5) is 11.9. The van der Waals surface area contributed by atoms with E-state index >= 15 is 0 Å². The first-order chi connectivity index (χ1) is 7.63. The van der Waals surface area contributed by atoms with E-state index in [4.69, 9.17) is 4.74 Å². The predicted octanol–water partition coefficient (Wildman–Crippen LogP) is 0.297. The van der Waals surface area contributed by atoms with Crippen LogP contribution in [0.5, 0.6) is 5.75 Å². The molecule has 1 aliphatic rings. The zero-order valence-electron chi connectivity index (χ0n) is 9.83. The average Bonchev–Trinajstić information content (AvgIpc) is 2.26. The molecule has 88 valence electrons. The number of hydrogen-bond donors (Lipinski definition) is 2. The molecule has 2 rings (SSSR count). The van der Waals surface area contributed by atoms with E-state index in [1.54, 1.807) is 11.6 Å². The third-order valence-corrected chi connectivity index (χ3v) is 2.65. The molecule has 1 aromatic heterocycles. The van der Waals surface area contributed by atoms with Crippen molar-refractivity contribution in [2.75, 3.05) is 18.9 Å². The van der Waals surface area contributed by atoms with Gasteiger partial charge in [-0.15, -0.1) is 0 Å². The van der Waals surface area contributed by atoms with Crippen LogP contribution in [0.4, 0.5) is 5.69 Å². The first kappa shape index (κ1) is 11.0. The number of anilines is 1. The van der Waals surface area contributed by atoms with Gasteiger partial charge in [0.1, 0.15) is 11.8 Å². The molecule has 16 heavy (non-hydrogen) atoms. The fraction of sp³-hybridized carbons (Fsp3) is 0.545. The molecule has 1 atom stereocenters. The van der Waals surface area contributed by atoms with Crippen LogP contribution in [0.2, 0.25) is 0 Å². The summed E-state index contributed by atoms with van der Waals surface area (Å²) in [5.41, 5.74) is 1.54. The van der Waals surface area contributed by atoms with E-state index < -0.39 is 0 Å². The van der Waals surface area contributed by atoms with Crippen LogP contribution in [0.3, 0.4) is 0 Å². The third-order valence-electron chi connectivity index (χ3n) is 2.65. The molecule has 0 bridgehead atoms. The van der Waals surface area contributed by atoms with Crippen LogP contribution < -0.4 is 20.9 Å². The molecule has 0 fully saturated rings. The maximum Gasteiger partial charge on any atom is 0.277 e. The Morgan fingerprint density at radius 1 is 1.69 bits per heavy atom. The van der Waals surface area contributed by atoms with Gasteiger partial charge in [0.15, 0.2) is 5.75 Å². The molecule has 1 unspecified atom stereocenters. The van der Waals surface area contributed by atoms with Gasteiger partial charge in [-0.1, -0.05) is 0 Å². The topological polar surface area (TPSA) is 55.3 Å². The lowest BCUT2D eigenvalue weighted by Crippen LogP contribution is -2.34. The molecule has 0 radical (unpaired) electrons. The molecule has 0 saturated heterocycles. The van der Waals surface area contributed by atoms with Crippen LogP contribution in [0.1, 0.15) is 12.5 Å². The second kappa shape index (κ2) is 4.17. The fourth-order valence-corrected chi connectivity index (χ4v) is 1.88. The van der Waals surface area contributed by atoms with Crippen molar-refractivity contribution >= 4 is 5.69 Å². The summed E-state index contributed by atoms with van der Waals surface area (Å²) in [7, 11) is 3.62. The average molecular weight is 223 g/mol. The van der Waals surface area contributed by atoms with Gasteiger partial charge in [0.05, 0.1) is 6.54 Å². The van der Waals surface area contributed by atoms with Crippen molar-refractivity contribution < 1.29 is 4.74 Å². The number of pyridine rings is 1. The van der Waals surface area contributed by atoms with Crippen molar-refractivity contribution in [3.63, 3.8) is 0 Å². The second-order valence-corrected chi connectivity index (χ2v) is 4.11. The summed E-state index contributed by atoms with van der Waals surface area (Å²) in [6.45, 7) is 3.34. The number of rotatable bonds is 2. The molecular formula is C11H17N3O2. The SMILES string of the molecule is CNCc1cn(C)c(=O)c2c1OC(C)CN2. The smallest absolute Gasteiger partial charge is 0.277 e. The maximum atomic E-state index is 11.9. The van der Waals surface area contributed by atoms with Gasteiger partial charge in [-0.05, 0) is 14.0 Å². The first-order valence-corrected chi connectivity index (χ1v) is 5.41. The lowest BCUT2D eigenvalue weighted by Gasteiger charge is -2.26. The number of nitrogens with one attached hydrogen (secondary N) is 2. The lowest BCUT2D eigenvalue weighted by molar-refractivity contribution is 0.222. The molecule has 5 heteroatoms. The number of aromatic nitrogens is 1. The van der Waals surface area contributed by atoms with Crippen LogP contribution in [-0.2, 0) is 13.6 Å². The number of aryl methyl sites for hydroxylation is 1. The van der Waals surface area contributed by atoms with E-state index in [0.29, 0.717) is 24.5 Å². The van der Waals surface area contributed by atoms with Crippen molar-refractivity contribution in [2.45, 2.75) is 19.6 Å². The predicted molar refractivity (Wildman–Crippen MR) is 63.0 cm³/mol. The molecular weight excluding hydrogens is 206 g/mol.